The molecule has 0 unspecified atom stereocenters. The fourth-order valence-electron chi connectivity index (χ4n) is 4.59. The molecule has 0 fully saturated rings. The Bertz CT molecular complexity index is 1920. The van der Waals surface area contributed by atoms with Crippen LogP contribution >= 0.6 is 0 Å². The molecule has 212 valence electrons. The van der Waals surface area contributed by atoms with Crippen molar-refractivity contribution in [3.05, 3.63) is 126 Å². The molecule has 0 bridgehead atoms. The van der Waals surface area contributed by atoms with Crippen LogP contribution in [0.1, 0.15) is 26.3 Å². The van der Waals surface area contributed by atoms with E-state index in [2.05, 4.69) is 28.4 Å². The zero-order valence-electron chi connectivity index (χ0n) is 22.0. The van der Waals surface area contributed by atoms with Crippen molar-refractivity contribution in [2.45, 2.75) is 13.3 Å². The zero-order chi connectivity index (χ0) is 30.0. The largest absolute Gasteiger partial charge is 0.573 e. The van der Waals surface area contributed by atoms with Crippen molar-refractivity contribution in [2.24, 2.45) is 0 Å². The van der Waals surface area contributed by atoms with Crippen LogP contribution in [0.25, 0.3) is 33.2 Å². The van der Waals surface area contributed by atoms with Crippen molar-refractivity contribution in [2.75, 3.05) is 0 Å². The van der Waals surface area contributed by atoms with Crippen molar-refractivity contribution in [1.82, 2.24) is 9.13 Å². The summed E-state index contributed by atoms with van der Waals surface area (Å²) in [5.41, 5.74) is 5.16. The Morgan fingerprint density at radius 2 is 1.19 bits per heavy atom. The molecule has 6 rings (SSSR count). The molecule has 0 saturated carbocycles. The third kappa shape index (κ3) is 6.12. The number of rotatable bonds is 5. The second-order valence-electron chi connectivity index (χ2n) is 9.41. The number of ether oxygens (including phenoxy) is 1. The summed E-state index contributed by atoms with van der Waals surface area (Å²) >= 11 is 0. The first-order valence-electron chi connectivity index (χ1n) is 12.6. The van der Waals surface area contributed by atoms with Gasteiger partial charge in [0.25, 0.3) is 0 Å². The highest BCUT2D eigenvalue weighted by atomic mass is 19.4. The monoisotopic (exact) mass is 572 g/mol. The van der Waals surface area contributed by atoms with Gasteiger partial charge >= 0.3 is 18.3 Å². The van der Waals surface area contributed by atoms with Gasteiger partial charge in [0.2, 0.25) is 0 Å². The van der Waals surface area contributed by atoms with Gasteiger partial charge in [-0.3, -0.25) is 0 Å². The van der Waals surface area contributed by atoms with Crippen molar-refractivity contribution >= 4 is 33.7 Å². The number of carbonyl (C=O) groups is 2. The molecular weight excluding hydrogens is 549 g/mol. The van der Waals surface area contributed by atoms with Crippen LogP contribution in [-0.4, -0.2) is 37.6 Å². The Morgan fingerprint density at radius 1 is 0.667 bits per heavy atom. The molecule has 0 saturated heterocycles. The molecular formula is C32H23F3N2O5. The molecule has 0 aliphatic heterocycles. The number of carboxylic acids is 2. The molecule has 10 heteroatoms. The molecule has 4 aromatic carbocycles. The lowest BCUT2D eigenvalue weighted by Crippen LogP contribution is -2.17. The van der Waals surface area contributed by atoms with Crippen LogP contribution in [0.15, 0.2) is 109 Å². The van der Waals surface area contributed by atoms with Crippen LogP contribution in [0.4, 0.5) is 13.2 Å². The molecule has 2 N–H and O–H groups in total. The third-order valence-corrected chi connectivity index (χ3v) is 6.50. The molecule has 0 aliphatic rings. The van der Waals surface area contributed by atoms with Crippen LogP contribution in [0.2, 0.25) is 0 Å². The maximum atomic E-state index is 12.2. The van der Waals surface area contributed by atoms with E-state index in [1.165, 1.54) is 42.0 Å². The van der Waals surface area contributed by atoms with Gasteiger partial charge in [0.15, 0.2) is 0 Å². The summed E-state index contributed by atoms with van der Waals surface area (Å²) < 4.78 is 44.1. The van der Waals surface area contributed by atoms with E-state index in [1.54, 1.807) is 35.0 Å². The minimum atomic E-state index is -4.73. The highest BCUT2D eigenvalue weighted by molar-refractivity contribution is 5.95. The maximum absolute atomic E-state index is 12.2. The lowest BCUT2D eigenvalue weighted by molar-refractivity contribution is -0.274. The molecule has 2 aromatic heterocycles. The minimum absolute atomic E-state index is 0.171. The van der Waals surface area contributed by atoms with Gasteiger partial charge in [-0.15, -0.1) is 13.2 Å². The lowest BCUT2D eigenvalue weighted by Gasteiger charge is -2.10. The van der Waals surface area contributed by atoms with E-state index >= 15 is 0 Å². The molecule has 0 spiro atoms. The Balaban J connectivity index is 0.000000171. The Morgan fingerprint density at radius 3 is 1.67 bits per heavy atom. The van der Waals surface area contributed by atoms with Crippen LogP contribution in [0, 0.1) is 6.92 Å². The van der Waals surface area contributed by atoms with E-state index < -0.39 is 18.3 Å². The van der Waals surface area contributed by atoms with Crippen molar-refractivity contribution in [3.8, 4) is 17.1 Å². The average Bonchev–Trinajstić information content (AvgIpc) is 3.57. The molecule has 0 radical (unpaired) electrons. The standard InChI is InChI=1S/C16H10F3NO3.C16H13NO2/c17-16(18,19)23-13-4-2-12(3-5-13)20-8-7-10-9-11(15(21)22)1-6-14(10)20;1-11-3-2-4-14(9-11)17-8-7-12-10-13(16(18)19)5-6-15(12)17/h1-9H,(H,21,22);2-10H,1H3,(H,18,19). The molecule has 7 nitrogen and oxygen atoms in total. The summed E-state index contributed by atoms with van der Waals surface area (Å²) in [6.45, 7) is 2.05. The molecule has 0 amide bonds. The van der Waals surface area contributed by atoms with E-state index in [4.69, 9.17) is 10.2 Å². The molecule has 42 heavy (non-hydrogen) atoms. The predicted octanol–water partition coefficient (Wildman–Crippen LogP) is 7.86. The van der Waals surface area contributed by atoms with Crippen molar-refractivity contribution in [3.63, 3.8) is 0 Å². The average molecular weight is 573 g/mol. The quantitative estimate of drug-likeness (QED) is 0.219. The number of alkyl halides is 3. The van der Waals surface area contributed by atoms with Gasteiger partial charge in [0.05, 0.1) is 22.2 Å². The molecule has 2 heterocycles. The predicted molar refractivity (Wildman–Crippen MR) is 152 cm³/mol. The van der Waals surface area contributed by atoms with Gasteiger partial charge in [-0.05, 0) is 97.4 Å². The molecule has 6 aromatic rings. The van der Waals surface area contributed by atoms with Gasteiger partial charge in [-0.2, -0.15) is 0 Å². The number of carboxylic acid groups (broad SMARTS) is 2. The van der Waals surface area contributed by atoms with Gasteiger partial charge in [-0.25, -0.2) is 9.59 Å². The fraction of sp³-hybridized carbons (Fsp3) is 0.0625. The highest BCUT2D eigenvalue weighted by Gasteiger charge is 2.31. The maximum Gasteiger partial charge on any atom is 0.573 e. The Kier molecular flexibility index (Phi) is 7.45. The summed E-state index contributed by atoms with van der Waals surface area (Å²) in [5, 5.41) is 19.6. The summed E-state index contributed by atoms with van der Waals surface area (Å²) in [4.78, 5) is 21.9. The van der Waals surface area contributed by atoms with Crippen LogP contribution in [0.5, 0.6) is 5.75 Å². The Labute approximate surface area is 237 Å². The first kappa shape index (κ1) is 28.0. The minimum Gasteiger partial charge on any atom is -0.478 e. The van der Waals surface area contributed by atoms with E-state index in [9.17, 15) is 22.8 Å². The first-order chi connectivity index (χ1) is 20.0. The summed E-state index contributed by atoms with van der Waals surface area (Å²) in [5.74, 6) is -2.22. The van der Waals surface area contributed by atoms with Crippen LogP contribution in [-0.2, 0) is 0 Å². The number of hydrogen-bond donors (Lipinski definition) is 2. The lowest BCUT2D eigenvalue weighted by atomic mass is 10.1. The number of aromatic carboxylic acids is 2. The summed E-state index contributed by atoms with van der Waals surface area (Å²) in [6.07, 6.45) is -1.05. The van der Waals surface area contributed by atoms with Crippen molar-refractivity contribution in [1.29, 1.82) is 0 Å². The highest BCUT2D eigenvalue weighted by Crippen LogP contribution is 2.27. The SMILES string of the molecule is Cc1cccc(-n2ccc3cc(C(=O)O)ccc32)c1.O=C(O)c1ccc2c(ccn2-c2ccc(OC(F)(F)F)cc2)c1. The van der Waals surface area contributed by atoms with Crippen LogP contribution in [0.3, 0.4) is 0 Å². The number of benzene rings is 4. The third-order valence-electron chi connectivity index (χ3n) is 6.50. The smallest absolute Gasteiger partial charge is 0.478 e. The normalized spacial score (nSPS) is 11.2. The van der Waals surface area contributed by atoms with Crippen LogP contribution < -0.4 is 4.74 Å². The summed E-state index contributed by atoms with van der Waals surface area (Å²) in [7, 11) is 0. The van der Waals surface area contributed by atoms with E-state index in [0.29, 0.717) is 11.3 Å². The van der Waals surface area contributed by atoms with Crippen molar-refractivity contribution < 1.29 is 37.7 Å². The number of fused-ring (bicyclic) bond motifs is 2. The second kappa shape index (κ2) is 11.2. The van der Waals surface area contributed by atoms with Gasteiger partial charge in [-0.1, -0.05) is 12.1 Å². The van der Waals surface area contributed by atoms with E-state index in [-0.39, 0.29) is 11.3 Å². The number of aryl methyl sites for hydroxylation is 1. The number of hydrogen-bond acceptors (Lipinski definition) is 3. The van der Waals surface area contributed by atoms with E-state index in [1.807, 2.05) is 30.5 Å². The van der Waals surface area contributed by atoms with Gasteiger partial charge in [0.1, 0.15) is 5.75 Å². The van der Waals surface area contributed by atoms with Gasteiger partial charge < -0.3 is 24.1 Å². The van der Waals surface area contributed by atoms with Gasteiger partial charge in [0, 0.05) is 34.5 Å². The summed E-state index contributed by atoms with van der Waals surface area (Å²) in [6, 6.07) is 27.2. The first-order valence-corrected chi connectivity index (χ1v) is 12.6. The fourth-order valence-corrected chi connectivity index (χ4v) is 4.59. The zero-order valence-corrected chi connectivity index (χ0v) is 22.0. The number of aromatic nitrogens is 2. The molecule has 0 aliphatic carbocycles. The number of halogens is 3. The van der Waals surface area contributed by atoms with E-state index in [0.717, 1.165) is 27.5 Å². The topological polar surface area (TPSA) is 93.7 Å². The molecule has 0 atom stereocenters. The second-order valence-corrected chi connectivity index (χ2v) is 9.41. The number of nitrogens with zero attached hydrogens (tertiary/aromatic N) is 2. The Hall–Kier alpha value is -5.51.